The molecule has 1 saturated carbocycles. The maximum atomic E-state index is 13.3. The molecule has 0 amide bonds. The van der Waals surface area contributed by atoms with Crippen LogP contribution in [-0.2, 0) is 4.79 Å². The van der Waals surface area contributed by atoms with E-state index in [0.29, 0.717) is 24.8 Å². The van der Waals surface area contributed by atoms with Gasteiger partial charge >= 0.3 is 5.97 Å². The van der Waals surface area contributed by atoms with E-state index in [0.717, 1.165) is 25.7 Å². The zero-order valence-corrected chi connectivity index (χ0v) is 11.9. The fourth-order valence-corrected chi connectivity index (χ4v) is 2.79. The molecule has 0 aromatic carbocycles. The van der Waals surface area contributed by atoms with Crippen LogP contribution in [0.1, 0.15) is 45.4 Å². The smallest absolute Gasteiger partial charge is 0.314 e. The third kappa shape index (κ3) is 3.95. The number of pyridine rings is 1. The number of esters is 1. The third-order valence-corrected chi connectivity index (χ3v) is 3.94. The first-order valence-corrected chi connectivity index (χ1v) is 7.24. The first kappa shape index (κ1) is 15.8. The van der Waals surface area contributed by atoms with Crippen LogP contribution >= 0.6 is 0 Å². The van der Waals surface area contributed by atoms with Crippen molar-refractivity contribution in [3.05, 3.63) is 23.8 Å². The van der Waals surface area contributed by atoms with E-state index in [9.17, 15) is 18.0 Å². The van der Waals surface area contributed by atoms with Gasteiger partial charge in [-0.25, -0.2) is 4.39 Å². The summed E-state index contributed by atoms with van der Waals surface area (Å²) in [6.07, 6.45) is 5.50. The highest BCUT2D eigenvalue weighted by atomic mass is 19.2. The van der Waals surface area contributed by atoms with Crippen LogP contribution in [0.4, 0.5) is 13.2 Å². The SMILES string of the molecule is CCC[C@H]1CC[C@H](C(=O)Oc2cc(F)c(F)nc2F)CC1. The van der Waals surface area contributed by atoms with Crippen molar-refractivity contribution in [3.8, 4) is 5.75 Å². The van der Waals surface area contributed by atoms with Gasteiger partial charge in [-0.1, -0.05) is 19.8 Å². The molecule has 0 N–H and O–H groups in total. The van der Waals surface area contributed by atoms with E-state index in [2.05, 4.69) is 11.9 Å². The molecule has 0 radical (unpaired) electrons. The number of carbonyl (C=O) groups excluding carboxylic acids is 1. The van der Waals surface area contributed by atoms with Gasteiger partial charge < -0.3 is 4.74 Å². The predicted molar refractivity (Wildman–Crippen MR) is 70.1 cm³/mol. The quantitative estimate of drug-likeness (QED) is 0.623. The summed E-state index contributed by atoms with van der Waals surface area (Å²) >= 11 is 0. The van der Waals surface area contributed by atoms with Gasteiger partial charge in [0.1, 0.15) is 0 Å². The van der Waals surface area contributed by atoms with Gasteiger partial charge in [-0.15, -0.1) is 0 Å². The lowest BCUT2D eigenvalue weighted by Crippen LogP contribution is -2.26. The first-order valence-electron chi connectivity index (χ1n) is 7.24. The first-order chi connectivity index (χ1) is 10.0. The van der Waals surface area contributed by atoms with Crippen molar-refractivity contribution in [1.82, 2.24) is 4.98 Å². The summed E-state index contributed by atoms with van der Waals surface area (Å²) in [6, 6.07) is 0.512. The number of nitrogens with zero attached hydrogens (tertiary/aromatic N) is 1. The Hall–Kier alpha value is -1.59. The summed E-state index contributed by atoms with van der Waals surface area (Å²) < 4.78 is 43.9. The van der Waals surface area contributed by atoms with Gasteiger partial charge in [0.2, 0.25) is 0 Å². The van der Waals surface area contributed by atoms with Gasteiger partial charge in [0.05, 0.1) is 5.92 Å². The Bertz CT molecular complexity index is 514. The average molecular weight is 301 g/mol. The number of rotatable bonds is 4. The molecule has 3 nitrogen and oxygen atoms in total. The molecule has 1 aliphatic rings. The molecule has 0 atom stereocenters. The number of aromatic nitrogens is 1. The van der Waals surface area contributed by atoms with Crippen LogP contribution in [0.15, 0.2) is 6.07 Å². The predicted octanol–water partition coefficient (Wildman–Crippen LogP) is 4.01. The topological polar surface area (TPSA) is 39.2 Å². The van der Waals surface area contributed by atoms with Crippen LogP contribution in [0.2, 0.25) is 0 Å². The Morgan fingerprint density at radius 1 is 1.24 bits per heavy atom. The minimum Gasteiger partial charge on any atom is -0.421 e. The van der Waals surface area contributed by atoms with Crippen molar-refractivity contribution in [2.45, 2.75) is 45.4 Å². The summed E-state index contributed by atoms with van der Waals surface area (Å²) in [5.74, 6) is -5.15. The molecule has 0 saturated heterocycles. The second-order valence-corrected chi connectivity index (χ2v) is 5.48. The van der Waals surface area contributed by atoms with E-state index < -0.39 is 29.4 Å². The van der Waals surface area contributed by atoms with E-state index in [1.807, 2.05) is 0 Å². The molecule has 116 valence electrons. The lowest BCUT2D eigenvalue weighted by molar-refractivity contribution is -0.140. The minimum atomic E-state index is -1.55. The molecule has 0 unspecified atom stereocenters. The molecule has 0 bridgehead atoms. The van der Waals surface area contributed by atoms with Crippen molar-refractivity contribution >= 4 is 5.97 Å². The summed E-state index contributed by atoms with van der Waals surface area (Å²) in [5, 5.41) is 0. The standard InChI is InChI=1S/C15H18F3NO2/c1-2-3-9-4-6-10(7-5-9)15(20)21-12-8-11(16)13(17)19-14(12)18/h8-10H,2-7H2,1H3/t9-,10-. The highest BCUT2D eigenvalue weighted by molar-refractivity contribution is 5.75. The van der Waals surface area contributed by atoms with Gasteiger partial charge in [-0.05, 0) is 31.6 Å². The van der Waals surface area contributed by atoms with Crippen LogP contribution in [-0.4, -0.2) is 11.0 Å². The number of hydrogen-bond acceptors (Lipinski definition) is 3. The second-order valence-electron chi connectivity index (χ2n) is 5.48. The van der Waals surface area contributed by atoms with Crippen molar-refractivity contribution in [2.75, 3.05) is 0 Å². The van der Waals surface area contributed by atoms with Crippen molar-refractivity contribution in [2.24, 2.45) is 11.8 Å². The maximum Gasteiger partial charge on any atom is 0.314 e. The highest BCUT2D eigenvalue weighted by Crippen LogP contribution is 2.32. The van der Waals surface area contributed by atoms with Crippen molar-refractivity contribution in [3.63, 3.8) is 0 Å². The fourth-order valence-electron chi connectivity index (χ4n) is 2.79. The molecule has 1 heterocycles. The van der Waals surface area contributed by atoms with Crippen LogP contribution in [0.5, 0.6) is 5.75 Å². The van der Waals surface area contributed by atoms with Crippen LogP contribution < -0.4 is 4.74 Å². The van der Waals surface area contributed by atoms with Crippen LogP contribution in [0, 0.1) is 29.5 Å². The van der Waals surface area contributed by atoms with E-state index in [4.69, 9.17) is 4.74 Å². The number of halogens is 3. The number of ether oxygens (including phenoxy) is 1. The third-order valence-electron chi connectivity index (χ3n) is 3.94. The van der Waals surface area contributed by atoms with E-state index in [-0.39, 0.29) is 5.92 Å². The molecule has 6 heteroatoms. The summed E-state index contributed by atoms with van der Waals surface area (Å²) in [7, 11) is 0. The largest absolute Gasteiger partial charge is 0.421 e. The monoisotopic (exact) mass is 301 g/mol. The molecule has 1 fully saturated rings. The molecule has 1 aromatic heterocycles. The zero-order chi connectivity index (χ0) is 15.4. The molecule has 0 spiro atoms. The van der Waals surface area contributed by atoms with Crippen LogP contribution in [0.25, 0.3) is 0 Å². The normalized spacial score (nSPS) is 22.1. The molecule has 0 aliphatic heterocycles. The molecular formula is C15H18F3NO2. The van der Waals surface area contributed by atoms with E-state index in [1.54, 1.807) is 0 Å². The Morgan fingerprint density at radius 2 is 1.90 bits per heavy atom. The lowest BCUT2D eigenvalue weighted by Gasteiger charge is -2.26. The molecular weight excluding hydrogens is 283 g/mol. The fraction of sp³-hybridized carbons (Fsp3) is 0.600. The molecule has 1 aliphatic carbocycles. The van der Waals surface area contributed by atoms with Gasteiger partial charge in [-0.3, -0.25) is 4.79 Å². The van der Waals surface area contributed by atoms with E-state index in [1.165, 1.54) is 0 Å². The summed E-state index contributed by atoms with van der Waals surface area (Å²) in [4.78, 5) is 14.7. The Labute approximate surface area is 121 Å². The average Bonchev–Trinajstić information content (AvgIpc) is 2.46. The Balaban J connectivity index is 1.95. The summed E-state index contributed by atoms with van der Waals surface area (Å²) in [6.45, 7) is 2.12. The van der Waals surface area contributed by atoms with Crippen LogP contribution in [0.3, 0.4) is 0 Å². The van der Waals surface area contributed by atoms with E-state index >= 15 is 0 Å². The number of hydrogen-bond donors (Lipinski definition) is 0. The van der Waals surface area contributed by atoms with Crippen molar-refractivity contribution < 1.29 is 22.7 Å². The molecule has 2 rings (SSSR count). The summed E-state index contributed by atoms with van der Waals surface area (Å²) in [5.41, 5.74) is 0. The van der Waals surface area contributed by atoms with Gasteiger partial charge in [-0.2, -0.15) is 13.8 Å². The Morgan fingerprint density at radius 3 is 2.52 bits per heavy atom. The number of carbonyl (C=O) groups is 1. The highest BCUT2D eigenvalue weighted by Gasteiger charge is 2.28. The van der Waals surface area contributed by atoms with Gasteiger partial charge in [0.25, 0.3) is 11.9 Å². The van der Waals surface area contributed by atoms with Gasteiger partial charge in [0, 0.05) is 6.07 Å². The molecule has 21 heavy (non-hydrogen) atoms. The van der Waals surface area contributed by atoms with Crippen molar-refractivity contribution in [1.29, 1.82) is 0 Å². The molecule has 1 aromatic rings. The second kappa shape index (κ2) is 6.91. The van der Waals surface area contributed by atoms with Gasteiger partial charge in [0.15, 0.2) is 11.6 Å². The maximum absolute atomic E-state index is 13.3. The minimum absolute atomic E-state index is 0.314. The Kier molecular flexibility index (Phi) is 5.20. The lowest BCUT2D eigenvalue weighted by atomic mass is 9.80. The zero-order valence-electron chi connectivity index (χ0n) is 11.9.